The Bertz CT molecular complexity index is 1230. The number of methoxy groups -OCH3 is 1. The first kappa shape index (κ1) is 25.0. The highest BCUT2D eigenvalue weighted by atomic mass is 16.6. The van der Waals surface area contributed by atoms with Gasteiger partial charge in [0.15, 0.2) is 12.4 Å². The molecule has 9 nitrogen and oxygen atoms in total. The molecule has 0 N–H and O–H groups in total. The van der Waals surface area contributed by atoms with Gasteiger partial charge in [0.2, 0.25) is 11.5 Å². The normalized spacial score (nSPS) is 21.2. The number of ketones is 1. The van der Waals surface area contributed by atoms with E-state index in [1.54, 1.807) is 18.2 Å². The van der Waals surface area contributed by atoms with Gasteiger partial charge in [-0.1, -0.05) is 36.4 Å². The number of rotatable bonds is 9. The lowest BCUT2D eigenvalue weighted by Gasteiger charge is -2.31. The maximum absolute atomic E-state index is 13.6. The molecule has 1 saturated carbocycles. The van der Waals surface area contributed by atoms with Crippen LogP contribution in [0.4, 0.5) is 0 Å². The van der Waals surface area contributed by atoms with Crippen molar-refractivity contribution in [3.8, 4) is 5.75 Å². The number of Topliss-reactive ketones (excluding diaryl/α,β-unsaturated/α-hetero) is 1. The van der Waals surface area contributed by atoms with Crippen LogP contribution in [0.15, 0.2) is 48.5 Å². The molecule has 2 fully saturated rings. The minimum atomic E-state index is -1.75. The summed E-state index contributed by atoms with van der Waals surface area (Å²) in [6, 6.07) is 14.7. The number of esters is 1. The molecule has 37 heavy (non-hydrogen) atoms. The maximum atomic E-state index is 13.6. The minimum absolute atomic E-state index is 0.00285. The Morgan fingerprint density at radius 1 is 1.16 bits per heavy atom. The van der Waals surface area contributed by atoms with E-state index in [-0.39, 0.29) is 44.0 Å². The molecule has 0 bridgehead atoms. The third-order valence-electron chi connectivity index (χ3n) is 7.45. The van der Waals surface area contributed by atoms with Crippen molar-refractivity contribution >= 4 is 23.6 Å². The Kier molecular flexibility index (Phi) is 6.72. The molecule has 1 spiro atoms. The molecule has 194 valence electrons. The molecule has 1 saturated heterocycles. The van der Waals surface area contributed by atoms with Crippen molar-refractivity contribution in [1.29, 1.82) is 0 Å². The summed E-state index contributed by atoms with van der Waals surface area (Å²) in [6.45, 7) is 1.94. The van der Waals surface area contributed by atoms with Crippen molar-refractivity contribution in [3.63, 3.8) is 0 Å². The number of amides is 2. The number of ether oxygens (including phenoxy) is 3. The highest BCUT2D eigenvalue weighted by Crippen LogP contribution is 2.43. The second-order valence-corrected chi connectivity index (χ2v) is 9.83. The van der Waals surface area contributed by atoms with Crippen molar-refractivity contribution in [2.24, 2.45) is 5.92 Å². The van der Waals surface area contributed by atoms with Crippen LogP contribution in [0, 0.1) is 5.92 Å². The first-order valence-electron chi connectivity index (χ1n) is 12.5. The van der Waals surface area contributed by atoms with Gasteiger partial charge in [-0.15, -0.1) is 0 Å². The summed E-state index contributed by atoms with van der Waals surface area (Å²) in [6.07, 6.45) is 2.17. The highest BCUT2D eigenvalue weighted by molar-refractivity contribution is 6.15. The van der Waals surface area contributed by atoms with Gasteiger partial charge in [-0.3, -0.25) is 14.4 Å². The Labute approximate surface area is 215 Å². The predicted molar refractivity (Wildman–Crippen MR) is 131 cm³/mol. The zero-order chi connectivity index (χ0) is 26.2. The Balaban J connectivity index is 1.32. The van der Waals surface area contributed by atoms with Crippen LogP contribution in [0.3, 0.4) is 0 Å². The number of hydrogen-bond donors (Lipinski definition) is 0. The third-order valence-corrected chi connectivity index (χ3v) is 7.45. The molecule has 2 unspecified atom stereocenters. The Morgan fingerprint density at radius 3 is 2.62 bits per heavy atom. The van der Waals surface area contributed by atoms with Gasteiger partial charge in [-0.25, -0.2) is 4.79 Å². The lowest BCUT2D eigenvalue weighted by Crippen LogP contribution is -2.48. The smallest absolute Gasteiger partial charge is 0.343 e. The fourth-order valence-corrected chi connectivity index (χ4v) is 5.15. The molecular formula is C28H30N2O7. The van der Waals surface area contributed by atoms with Crippen LogP contribution in [-0.4, -0.2) is 66.4 Å². The second kappa shape index (κ2) is 9.97. The van der Waals surface area contributed by atoms with Gasteiger partial charge >= 0.3 is 5.97 Å². The number of benzene rings is 2. The Hall–Kier alpha value is -3.72. The fraction of sp³-hybridized carbons (Fsp3) is 0.429. The first-order valence-corrected chi connectivity index (χ1v) is 12.5. The third kappa shape index (κ3) is 4.71. The molecule has 5 rings (SSSR count). The van der Waals surface area contributed by atoms with Gasteiger partial charge in [0.1, 0.15) is 19.0 Å². The topological polar surface area (TPSA) is 102 Å². The molecular weight excluding hydrogens is 476 g/mol. The van der Waals surface area contributed by atoms with Gasteiger partial charge in [0.05, 0.1) is 7.11 Å². The first-order chi connectivity index (χ1) is 17.8. The number of nitrogens with zero attached hydrogens (tertiary/aromatic N) is 2. The lowest BCUT2D eigenvalue weighted by atomic mass is 9.94. The molecule has 0 aromatic heterocycles. The minimum Gasteiger partial charge on any atom is -0.482 e. The highest BCUT2D eigenvalue weighted by Gasteiger charge is 2.59. The van der Waals surface area contributed by atoms with Crippen LogP contribution in [0.25, 0.3) is 0 Å². The van der Waals surface area contributed by atoms with E-state index >= 15 is 0 Å². The molecule has 3 aliphatic rings. The largest absolute Gasteiger partial charge is 0.482 e. The maximum Gasteiger partial charge on any atom is 0.343 e. The molecule has 1 aliphatic heterocycles. The van der Waals surface area contributed by atoms with E-state index in [1.165, 1.54) is 12.0 Å². The van der Waals surface area contributed by atoms with Crippen molar-refractivity contribution in [1.82, 2.24) is 9.80 Å². The van der Waals surface area contributed by atoms with Gasteiger partial charge < -0.3 is 24.0 Å². The van der Waals surface area contributed by atoms with Crippen LogP contribution < -0.4 is 4.74 Å². The van der Waals surface area contributed by atoms with Gasteiger partial charge in [-0.05, 0) is 48.9 Å². The van der Waals surface area contributed by atoms with E-state index in [0.717, 1.165) is 18.4 Å². The molecule has 0 radical (unpaired) electrons. The SMILES string of the molecule is COC(=O)COc1ccc2c(c1)CC(=O)C21OCN(CC(=O)N(Cc2ccccc2)C(C)C2CC2)C1=O. The van der Waals surface area contributed by atoms with Crippen LogP contribution in [0.1, 0.15) is 36.5 Å². The number of hydrogen-bond acceptors (Lipinski definition) is 7. The number of carbonyl (C=O) groups excluding carboxylic acids is 4. The number of carbonyl (C=O) groups is 4. The van der Waals surface area contributed by atoms with Gasteiger partial charge in [0.25, 0.3) is 5.91 Å². The van der Waals surface area contributed by atoms with Crippen molar-refractivity contribution in [2.75, 3.05) is 27.0 Å². The van der Waals surface area contributed by atoms with Crippen LogP contribution >= 0.6 is 0 Å². The summed E-state index contributed by atoms with van der Waals surface area (Å²) in [5, 5.41) is 0. The summed E-state index contributed by atoms with van der Waals surface area (Å²) in [5.74, 6) is -0.749. The molecule has 1 heterocycles. The average Bonchev–Trinajstić information content (AvgIpc) is 3.66. The summed E-state index contributed by atoms with van der Waals surface area (Å²) in [5.41, 5.74) is 0.328. The Morgan fingerprint density at radius 2 is 1.92 bits per heavy atom. The monoisotopic (exact) mass is 506 g/mol. The van der Waals surface area contributed by atoms with E-state index < -0.39 is 17.5 Å². The van der Waals surface area contributed by atoms with Crippen molar-refractivity contribution < 1.29 is 33.4 Å². The average molecular weight is 507 g/mol. The molecule has 2 aliphatic carbocycles. The molecule has 2 amide bonds. The fourth-order valence-electron chi connectivity index (χ4n) is 5.15. The van der Waals surface area contributed by atoms with Crippen LogP contribution in [-0.2, 0) is 47.2 Å². The standard InChI is InChI=1S/C28H30N2O7/c1-18(20-8-9-20)30(14-19-6-4-3-5-7-19)25(32)15-29-17-37-28(27(29)34)23-11-10-22(36-16-26(33)35-2)12-21(23)13-24(28)31/h3-7,10-12,18,20H,8-9,13-17H2,1-2H3. The zero-order valence-electron chi connectivity index (χ0n) is 21.0. The molecule has 9 heteroatoms. The predicted octanol–water partition coefficient (Wildman–Crippen LogP) is 2.20. The molecule has 2 aromatic rings. The quantitative estimate of drug-likeness (QED) is 0.380. The van der Waals surface area contributed by atoms with E-state index in [1.807, 2.05) is 35.2 Å². The summed E-state index contributed by atoms with van der Waals surface area (Å²) >= 11 is 0. The zero-order valence-corrected chi connectivity index (χ0v) is 21.0. The van der Waals surface area contributed by atoms with Gasteiger partial charge in [-0.2, -0.15) is 0 Å². The summed E-state index contributed by atoms with van der Waals surface area (Å²) in [4.78, 5) is 54.7. The van der Waals surface area contributed by atoms with E-state index in [0.29, 0.717) is 29.3 Å². The van der Waals surface area contributed by atoms with Crippen LogP contribution in [0.5, 0.6) is 5.75 Å². The van der Waals surface area contributed by atoms with Crippen molar-refractivity contribution in [3.05, 3.63) is 65.2 Å². The second-order valence-electron chi connectivity index (χ2n) is 9.83. The van der Waals surface area contributed by atoms with E-state index in [9.17, 15) is 19.2 Å². The summed E-state index contributed by atoms with van der Waals surface area (Å²) in [7, 11) is 1.27. The number of fused-ring (bicyclic) bond motifs is 2. The lowest BCUT2D eigenvalue weighted by molar-refractivity contribution is -0.149. The molecule has 2 atom stereocenters. The van der Waals surface area contributed by atoms with Gasteiger partial charge in [0, 0.05) is 24.6 Å². The van der Waals surface area contributed by atoms with Crippen LogP contribution in [0.2, 0.25) is 0 Å². The summed E-state index contributed by atoms with van der Waals surface area (Å²) < 4.78 is 15.9. The van der Waals surface area contributed by atoms with E-state index in [2.05, 4.69) is 11.7 Å². The van der Waals surface area contributed by atoms with E-state index in [4.69, 9.17) is 9.47 Å². The molecule has 2 aromatic carbocycles. The van der Waals surface area contributed by atoms with Crippen molar-refractivity contribution in [2.45, 2.75) is 44.4 Å².